The predicted octanol–water partition coefficient (Wildman–Crippen LogP) is -0.435. The van der Waals surface area contributed by atoms with Crippen molar-refractivity contribution in [2.24, 2.45) is 5.84 Å². The number of aliphatic carboxylic acids is 1. The van der Waals surface area contributed by atoms with Crippen LogP contribution in [0.4, 0.5) is 0 Å². The highest BCUT2D eigenvalue weighted by molar-refractivity contribution is 7.80. The molecule has 0 fully saturated rings. The van der Waals surface area contributed by atoms with Gasteiger partial charge in [-0.2, -0.15) is 12.6 Å². The van der Waals surface area contributed by atoms with Crippen molar-refractivity contribution in [3.63, 3.8) is 0 Å². The van der Waals surface area contributed by atoms with Crippen molar-refractivity contribution < 1.29 is 9.90 Å². The Morgan fingerprint density at radius 3 is 2.50 bits per heavy atom. The number of nitrogens with zero attached hydrogens (tertiary/aromatic N) is 1. The van der Waals surface area contributed by atoms with Crippen LogP contribution in [0, 0.1) is 0 Å². The van der Waals surface area contributed by atoms with Gasteiger partial charge in [-0.25, -0.2) is 5.01 Å². The zero-order valence-electron chi connectivity index (χ0n) is 5.82. The fraction of sp³-hybridized carbons (Fsp3) is 0.800. The van der Waals surface area contributed by atoms with E-state index < -0.39 is 12.0 Å². The molecule has 3 N–H and O–H groups in total. The highest BCUT2D eigenvalue weighted by Crippen LogP contribution is 1.95. The molecule has 0 aromatic rings. The van der Waals surface area contributed by atoms with Crippen molar-refractivity contribution in [2.45, 2.75) is 13.0 Å². The first-order valence-corrected chi connectivity index (χ1v) is 3.61. The number of carboxylic acids is 1. The van der Waals surface area contributed by atoms with Crippen LogP contribution in [0.5, 0.6) is 0 Å². The van der Waals surface area contributed by atoms with Crippen molar-refractivity contribution in [1.82, 2.24) is 5.01 Å². The summed E-state index contributed by atoms with van der Waals surface area (Å²) >= 11 is 3.85. The molecule has 0 aliphatic rings. The van der Waals surface area contributed by atoms with E-state index in [4.69, 9.17) is 10.9 Å². The monoisotopic (exact) mass is 164 g/mol. The van der Waals surface area contributed by atoms with E-state index in [0.29, 0.717) is 6.54 Å². The van der Waals surface area contributed by atoms with Gasteiger partial charge in [0.2, 0.25) is 0 Å². The third kappa shape index (κ3) is 2.55. The number of hydrogen-bond donors (Lipinski definition) is 3. The summed E-state index contributed by atoms with van der Waals surface area (Å²) in [6, 6.07) is -0.673. The first-order valence-electron chi connectivity index (χ1n) is 2.98. The molecule has 0 aliphatic carbocycles. The minimum Gasteiger partial charge on any atom is -0.480 e. The third-order valence-electron chi connectivity index (χ3n) is 1.22. The first kappa shape index (κ1) is 9.74. The van der Waals surface area contributed by atoms with Crippen LogP contribution in [0.3, 0.4) is 0 Å². The zero-order valence-corrected chi connectivity index (χ0v) is 6.71. The lowest BCUT2D eigenvalue weighted by Crippen LogP contribution is -2.46. The number of rotatable bonds is 4. The molecule has 0 heterocycles. The highest BCUT2D eigenvalue weighted by atomic mass is 32.1. The maximum absolute atomic E-state index is 10.4. The average Bonchev–Trinajstić information content (AvgIpc) is 1.88. The summed E-state index contributed by atoms with van der Waals surface area (Å²) < 4.78 is 0. The van der Waals surface area contributed by atoms with Crippen LogP contribution in [0.1, 0.15) is 6.92 Å². The van der Waals surface area contributed by atoms with Gasteiger partial charge in [-0.3, -0.25) is 10.6 Å². The van der Waals surface area contributed by atoms with Gasteiger partial charge in [0, 0.05) is 12.3 Å². The summed E-state index contributed by atoms with van der Waals surface area (Å²) in [5.74, 6) is 4.64. The lowest BCUT2D eigenvalue weighted by atomic mass is 10.3. The maximum atomic E-state index is 10.4. The summed E-state index contributed by atoms with van der Waals surface area (Å²) in [6.45, 7) is 2.30. The molecule has 0 radical (unpaired) electrons. The molecule has 1 unspecified atom stereocenters. The van der Waals surface area contributed by atoms with Crippen molar-refractivity contribution in [2.75, 3.05) is 12.3 Å². The Kier molecular flexibility index (Phi) is 4.42. The standard InChI is InChI=1S/C5H12N2O2S/c1-2-7(6)4(3-10)5(8)9/h4,10H,2-3,6H2,1H3,(H,8,9). The van der Waals surface area contributed by atoms with Crippen LogP contribution >= 0.6 is 12.6 Å². The van der Waals surface area contributed by atoms with Crippen molar-refractivity contribution in [3.8, 4) is 0 Å². The van der Waals surface area contributed by atoms with E-state index in [0.717, 1.165) is 0 Å². The molecule has 10 heavy (non-hydrogen) atoms. The van der Waals surface area contributed by atoms with E-state index in [2.05, 4.69) is 12.6 Å². The molecule has 0 spiro atoms. The van der Waals surface area contributed by atoms with E-state index in [1.54, 1.807) is 6.92 Å². The summed E-state index contributed by atoms with van der Waals surface area (Å²) in [5, 5.41) is 9.75. The Hall–Kier alpha value is -0.260. The largest absolute Gasteiger partial charge is 0.480 e. The van der Waals surface area contributed by atoms with Crippen LogP contribution in [0.15, 0.2) is 0 Å². The number of thiol groups is 1. The van der Waals surface area contributed by atoms with Crippen molar-refractivity contribution in [1.29, 1.82) is 0 Å². The fourth-order valence-electron chi connectivity index (χ4n) is 0.545. The number of nitrogens with two attached hydrogens (primary N) is 1. The molecule has 0 aliphatic heterocycles. The van der Waals surface area contributed by atoms with E-state index in [-0.39, 0.29) is 5.75 Å². The van der Waals surface area contributed by atoms with Crippen LogP contribution in [0.25, 0.3) is 0 Å². The van der Waals surface area contributed by atoms with Gasteiger partial charge in [-0.05, 0) is 0 Å². The second kappa shape index (κ2) is 4.54. The van der Waals surface area contributed by atoms with Gasteiger partial charge >= 0.3 is 5.97 Å². The van der Waals surface area contributed by atoms with Gasteiger partial charge < -0.3 is 5.11 Å². The van der Waals surface area contributed by atoms with Crippen LogP contribution < -0.4 is 5.84 Å². The molecule has 0 aromatic heterocycles. The van der Waals surface area contributed by atoms with E-state index >= 15 is 0 Å². The Bertz CT molecular complexity index is 120. The minimum absolute atomic E-state index is 0.236. The molecular weight excluding hydrogens is 152 g/mol. The Labute approximate surface area is 65.4 Å². The molecule has 4 nitrogen and oxygen atoms in total. The van der Waals surface area contributed by atoms with Crippen molar-refractivity contribution >= 4 is 18.6 Å². The zero-order chi connectivity index (χ0) is 8.15. The predicted molar refractivity (Wildman–Crippen MR) is 41.8 cm³/mol. The van der Waals surface area contributed by atoms with Crippen LogP contribution in [-0.4, -0.2) is 34.4 Å². The number of hydrogen-bond acceptors (Lipinski definition) is 4. The molecule has 60 valence electrons. The molecule has 0 saturated heterocycles. The lowest BCUT2D eigenvalue weighted by Gasteiger charge is -2.19. The summed E-state index contributed by atoms with van der Waals surface area (Å²) in [6.07, 6.45) is 0. The number of carbonyl (C=O) groups is 1. The molecule has 0 aromatic carbocycles. The second-order valence-corrected chi connectivity index (χ2v) is 2.23. The van der Waals surface area contributed by atoms with E-state index in [9.17, 15) is 4.79 Å². The SMILES string of the molecule is CCN(N)C(CS)C(=O)O. The highest BCUT2D eigenvalue weighted by Gasteiger charge is 2.19. The molecule has 1 atom stereocenters. The smallest absolute Gasteiger partial charge is 0.323 e. The molecule has 0 amide bonds. The summed E-state index contributed by atoms with van der Waals surface area (Å²) in [7, 11) is 0. The topological polar surface area (TPSA) is 66.6 Å². The van der Waals surface area contributed by atoms with Crippen LogP contribution in [-0.2, 0) is 4.79 Å². The number of carboxylic acid groups (broad SMARTS) is 1. The molecule has 0 rings (SSSR count). The fourth-order valence-corrected chi connectivity index (χ4v) is 0.911. The minimum atomic E-state index is -0.931. The summed E-state index contributed by atoms with van der Waals surface area (Å²) in [5.41, 5.74) is 0. The lowest BCUT2D eigenvalue weighted by molar-refractivity contribution is -0.142. The second-order valence-electron chi connectivity index (χ2n) is 1.87. The van der Waals surface area contributed by atoms with Gasteiger partial charge in [0.1, 0.15) is 6.04 Å². The summed E-state index contributed by atoms with van der Waals surface area (Å²) in [4.78, 5) is 10.4. The molecular formula is C5H12N2O2S. The van der Waals surface area contributed by atoms with E-state index in [1.807, 2.05) is 0 Å². The third-order valence-corrected chi connectivity index (χ3v) is 1.57. The van der Waals surface area contributed by atoms with Crippen molar-refractivity contribution in [3.05, 3.63) is 0 Å². The maximum Gasteiger partial charge on any atom is 0.323 e. The Morgan fingerprint density at radius 2 is 2.40 bits per heavy atom. The quantitative estimate of drug-likeness (QED) is 0.299. The number of likely N-dealkylation sites (N-methyl/N-ethyl adjacent to an activating group) is 1. The molecule has 0 saturated carbocycles. The van der Waals surface area contributed by atoms with Gasteiger partial charge in [-0.1, -0.05) is 6.92 Å². The van der Waals surface area contributed by atoms with Gasteiger partial charge in [-0.15, -0.1) is 0 Å². The average molecular weight is 164 g/mol. The number of hydrazine groups is 1. The Balaban J connectivity index is 3.92. The van der Waals surface area contributed by atoms with Gasteiger partial charge in [0.15, 0.2) is 0 Å². The normalized spacial score (nSPS) is 13.6. The molecule has 5 heteroatoms. The van der Waals surface area contributed by atoms with Gasteiger partial charge in [0.25, 0.3) is 0 Å². The Morgan fingerprint density at radius 1 is 1.90 bits per heavy atom. The van der Waals surface area contributed by atoms with Gasteiger partial charge in [0.05, 0.1) is 0 Å². The molecule has 0 bridgehead atoms. The van der Waals surface area contributed by atoms with Crippen LogP contribution in [0.2, 0.25) is 0 Å². The van der Waals surface area contributed by atoms with E-state index in [1.165, 1.54) is 5.01 Å². The first-order chi connectivity index (χ1) is 4.63.